The maximum absolute atomic E-state index is 11.5. The number of hydrogen-bond donors (Lipinski definition) is 0. The first kappa shape index (κ1) is 14.0. The predicted octanol–water partition coefficient (Wildman–Crippen LogP) is 1.43. The van der Waals surface area contributed by atoms with Gasteiger partial charge in [-0.1, -0.05) is 24.1 Å². The first-order valence-electron chi connectivity index (χ1n) is 6.30. The summed E-state index contributed by atoms with van der Waals surface area (Å²) in [5, 5.41) is 0. The van der Waals surface area contributed by atoms with Crippen LogP contribution in [0.2, 0.25) is 0 Å². The molecule has 1 aliphatic rings. The molecule has 1 heterocycles. The largest absolute Gasteiger partial charge is 0.437 e. The Labute approximate surface area is 117 Å². The highest BCUT2D eigenvalue weighted by Gasteiger charge is 2.35. The van der Waals surface area contributed by atoms with E-state index in [1.165, 1.54) is 0 Å². The zero-order valence-electron chi connectivity index (χ0n) is 10.9. The van der Waals surface area contributed by atoms with Crippen LogP contribution in [0.15, 0.2) is 30.3 Å². The molecule has 0 spiro atoms. The molecule has 5 nitrogen and oxygen atoms in total. The summed E-state index contributed by atoms with van der Waals surface area (Å²) in [5.74, 6) is 5.33. The van der Waals surface area contributed by atoms with Crippen LogP contribution in [0, 0.1) is 11.8 Å². The molecule has 0 amide bonds. The van der Waals surface area contributed by atoms with Gasteiger partial charge in [0.2, 0.25) is 0 Å². The predicted molar refractivity (Wildman–Crippen MR) is 71.9 cm³/mol. The summed E-state index contributed by atoms with van der Waals surface area (Å²) in [4.78, 5) is 14.2. The van der Waals surface area contributed by atoms with Gasteiger partial charge in [-0.15, -0.1) is 0 Å². The topological polar surface area (TPSA) is 71.9 Å². The van der Waals surface area contributed by atoms with Gasteiger partial charge in [0.25, 0.3) is 0 Å². The number of rotatable bonds is 2. The van der Waals surface area contributed by atoms with Crippen LogP contribution in [0.3, 0.4) is 0 Å². The molecule has 0 unspecified atom stereocenters. The van der Waals surface area contributed by atoms with E-state index in [1.807, 2.05) is 30.3 Å². The molecule has 0 saturated carbocycles. The third-order valence-electron chi connectivity index (χ3n) is 2.97. The highest BCUT2D eigenvalue weighted by Crippen LogP contribution is 2.24. The quantitative estimate of drug-likeness (QED) is 0.268. The van der Waals surface area contributed by atoms with Gasteiger partial charge in [-0.05, 0) is 18.1 Å². The smallest absolute Gasteiger partial charge is 0.415 e. The molecule has 0 atom stereocenters. The fourth-order valence-electron chi connectivity index (χ4n) is 1.93. The molecule has 5 heteroatoms. The van der Waals surface area contributed by atoms with Crippen molar-refractivity contribution in [1.29, 1.82) is 0 Å². The van der Waals surface area contributed by atoms with Crippen molar-refractivity contribution in [1.82, 2.24) is 0 Å². The van der Waals surface area contributed by atoms with Gasteiger partial charge in [0, 0.05) is 18.4 Å². The summed E-state index contributed by atoms with van der Waals surface area (Å²) in [6.07, 6.45) is 1.72. The molecule has 0 N–H and O–H groups in total. The highest BCUT2D eigenvalue weighted by molar-refractivity contribution is 6.20. The minimum absolute atomic E-state index is 0.479. The average molecular weight is 270 g/mol. The van der Waals surface area contributed by atoms with Crippen LogP contribution >= 0.6 is 0 Å². The first-order valence-corrected chi connectivity index (χ1v) is 6.30. The Morgan fingerprint density at radius 3 is 2.70 bits per heavy atom. The molecule has 1 aliphatic heterocycles. The van der Waals surface area contributed by atoms with Crippen LogP contribution in [0.25, 0.3) is 5.53 Å². The van der Waals surface area contributed by atoms with Gasteiger partial charge in [-0.3, -0.25) is 0 Å². The zero-order valence-corrected chi connectivity index (χ0v) is 10.9. The number of ether oxygens (including phenoxy) is 2. The van der Waals surface area contributed by atoms with E-state index in [0.717, 1.165) is 11.8 Å². The standard InChI is InChI=1S/C15H14N2O3/c16-17-12-14(18)20-15(8-10-19-11-9-15)7-6-13-4-2-1-3-5-13/h1-5,12H,8-11H2. The van der Waals surface area contributed by atoms with Crippen LogP contribution in [-0.2, 0) is 14.3 Å². The Morgan fingerprint density at radius 2 is 2.05 bits per heavy atom. The van der Waals surface area contributed by atoms with Crippen LogP contribution in [-0.4, -0.2) is 35.8 Å². The number of carbonyl (C=O) groups is 1. The van der Waals surface area contributed by atoms with Crippen LogP contribution in [0.4, 0.5) is 0 Å². The van der Waals surface area contributed by atoms with Crippen LogP contribution < -0.4 is 0 Å². The van der Waals surface area contributed by atoms with Crippen LogP contribution in [0.5, 0.6) is 0 Å². The van der Waals surface area contributed by atoms with Gasteiger partial charge in [0.15, 0.2) is 5.60 Å². The van der Waals surface area contributed by atoms with Gasteiger partial charge in [0.1, 0.15) is 0 Å². The van der Waals surface area contributed by atoms with Crippen molar-refractivity contribution < 1.29 is 19.1 Å². The lowest BCUT2D eigenvalue weighted by molar-refractivity contribution is -0.155. The molecular weight excluding hydrogens is 256 g/mol. The molecule has 1 fully saturated rings. The molecular formula is C15H14N2O3. The Morgan fingerprint density at radius 1 is 1.35 bits per heavy atom. The van der Waals surface area contributed by atoms with Gasteiger partial charge < -0.3 is 15.0 Å². The molecule has 20 heavy (non-hydrogen) atoms. The lowest BCUT2D eigenvalue weighted by atomic mass is 9.94. The van der Waals surface area contributed by atoms with Gasteiger partial charge in [0.05, 0.1) is 13.2 Å². The van der Waals surface area contributed by atoms with E-state index < -0.39 is 11.6 Å². The molecule has 0 aliphatic carbocycles. The second-order valence-corrected chi connectivity index (χ2v) is 4.39. The fourth-order valence-corrected chi connectivity index (χ4v) is 1.93. The monoisotopic (exact) mass is 270 g/mol. The van der Waals surface area contributed by atoms with Crippen molar-refractivity contribution in [2.45, 2.75) is 18.4 Å². The normalized spacial score (nSPS) is 16.2. The third kappa shape index (κ3) is 3.79. The maximum atomic E-state index is 11.5. The van der Waals surface area contributed by atoms with Gasteiger partial charge in [-0.2, -0.15) is 4.79 Å². The molecule has 0 aromatic heterocycles. The van der Waals surface area contributed by atoms with E-state index in [1.54, 1.807) is 0 Å². The molecule has 2 rings (SSSR count). The minimum atomic E-state index is -0.883. The summed E-state index contributed by atoms with van der Waals surface area (Å²) in [6.45, 7) is 0.958. The molecule has 0 bridgehead atoms. The third-order valence-corrected chi connectivity index (χ3v) is 2.97. The SMILES string of the molecule is [N-]=[N+]=CC(=O)OC1(C#Cc2ccccc2)CCOCC1. The van der Waals surface area contributed by atoms with E-state index >= 15 is 0 Å². The van der Waals surface area contributed by atoms with Crippen molar-refractivity contribution in [2.75, 3.05) is 13.2 Å². The zero-order chi connectivity index (χ0) is 14.3. The van der Waals surface area contributed by atoms with E-state index in [-0.39, 0.29) is 0 Å². The van der Waals surface area contributed by atoms with E-state index in [9.17, 15) is 4.79 Å². The summed E-state index contributed by atoms with van der Waals surface area (Å²) in [7, 11) is 0. The summed E-state index contributed by atoms with van der Waals surface area (Å²) >= 11 is 0. The van der Waals surface area contributed by atoms with Crippen LogP contribution in [0.1, 0.15) is 18.4 Å². The lowest BCUT2D eigenvalue weighted by Gasteiger charge is -2.30. The van der Waals surface area contributed by atoms with Crippen molar-refractivity contribution in [3.63, 3.8) is 0 Å². The molecule has 102 valence electrons. The highest BCUT2D eigenvalue weighted by atomic mass is 16.6. The number of carbonyl (C=O) groups excluding carboxylic acids is 1. The van der Waals surface area contributed by atoms with Crippen molar-refractivity contribution in [3.8, 4) is 11.8 Å². The minimum Gasteiger partial charge on any atom is -0.437 e. The molecule has 1 saturated heterocycles. The number of nitrogens with zero attached hydrogens (tertiary/aromatic N) is 2. The molecule has 1 aromatic carbocycles. The average Bonchev–Trinajstić information content (AvgIpc) is 2.47. The van der Waals surface area contributed by atoms with E-state index in [2.05, 4.69) is 16.6 Å². The Balaban J connectivity index is 2.21. The van der Waals surface area contributed by atoms with Gasteiger partial charge >= 0.3 is 12.2 Å². The van der Waals surface area contributed by atoms with Crippen molar-refractivity contribution >= 4 is 12.2 Å². The van der Waals surface area contributed by atoms with Crippen molar-refractivity contribution in [3.05, 3.63) is 41.4 Å². The maximum Gasteiger partial charge on any atom is 0.415 e. The fraction of sp³-hybridized carbons (Fsp3) is 0.333. The number of esters is 1. The second-order valence-electron chi connectivity index (χ2n) is 4.39. The van der Waals surface area contributed by atoms with Crippen molar-refractivity contribution in [2.24, 2.45) is 0 Å². The van der Waals surface area contributed by atoms with E-state index in [4.69, 9.17) is 15.0 Å². The summed E-state index contributed by atoms with van der Waals surface area (Å²) in [5.41, 5.74) is 8.34. The second kappa shape index (κ2) is 6.67. The molecule has 1 aromatic rings. The first-order chi connectivity index (χ1) is 9.74. The van der Waals surface area contributed by atoms with Gasteiger partial charge in [-0.25, -0.2) is 4.79 Å². The van der Waals surface area contributed by atoms with E-state index in [0.29, 0.717) is 26.1 Å². The Kier molecular flexibility index (Phi) is 4.67. The summed E-state index contributed by atoms with van der Waals surface area (Å²) < 4.78 is 10.6. The number of hydrogen-bond acceptors (Lipinski definition) is 3. The molecule has 0 radical (unpaired) electrons. The Hall–Kier alpha value is -2.41. The summed E-state index contributed by atoms with van der Waals surface area (Å²) in [6, 6.07) is 9.47. The Bertz CT molecular complexity index is 574. The lowest BCUT2D eigenvalue weighted by Crippen LogP contribution is -2.40. The number of benzene rings is 1.